The fourth-order valence-electron chi connectivity index (χ4n) is 2.18. The van der Waals surface area contributed by atoms with E-state index in [4.69, 9.17) is 23.8 Å². The lowest BCUT2D eigenvalue weighted by Crippen LogP contribution is -2.36. The molecule has 122 valence electrons. The third-order valence-corrected chi connectivity index (χ3v) is 4.17. The first-order valence-electron chi connectivity index (χ1n) is 7.24. The molecule has 0 saturated heterocycles. The van der Waals surface area contributed by atoms with Crippen molar-refractivity contribution in [3.63, 3.8) is 0 Å². The maximum atomic E-state index is 12.9. The third kappa shape index (κ3) is 4.74. The summed E-state index contributed by atoms with van der Waals surface area (Å²) >= 11 is 11.0. The zero-order valence-electron chi connectivity index (χ0n) is 12.2. The summed E-state index contributed by atoms with van der Waals surface area (Å²) in [4.78, 5) is 2.02. The molecular weight excluding hydrogens is 333 g/mol. The molecule has 1 aliphatic rings. The van der Waals surface area contributed by atoms with Crippen LogP contribution < -0.4 is 5.32 Å². The Hall–Kier alpha value is -1.01. The van der Waals surface area contributed by atoms with E-state index in [1.807, 2.05) is 11.8 Å². The van der Waals surface area contributed by atoms with E-state index < -0.39 is 11.7 Å². The van der Waals surface area contributed by atoms with Crippen LogP contribution in [0.5, 0.6) is 0 Å². The van der Waals surface area contributed by atoms with Crippen LogP contribution in [0.2, 0.25) is 5.02 Å². The van der Waals surface area contributed by atoms with Gasteiger partial charge in [-0.15, -0.1) is 0 Å². The summed E-state index contributed by atoms with van der Waals surface area (Å²) in [6.45, 7) is 3.70. The van der Waals surface area contributed by atoms with Gasteiger partial charge in [0, 0.05) is 18.8 Å². The van der Waals surface area contributed by atoms with Crippen molar-refractivity contribution in [2.24, 2.45) is 5.92 Å². The van der Waals surface area contributed by atoms with Gasteiger partial charge in [-0.2, -0.15) is 13.2 Å². The molecule has 1 fully saturated rings. The molecule has 0 bridgehead atoms. The van der Waals surface area contributed by atoms with Crippen LogP contribution in [0.4, 0.5) is 18.9 Å². The lowest BCUT2D eigenvalue weighted by molar-refractivity contribution is -0.137. The van der Waals surface area contributed by atoms with Gasteiger partial charge in [-0.25, -0.2) is 0 Å². The predicted molar refractivity (Wildman–Crippen MR) is 87.3 cm³/mol. The third-order valence-electron chi connectivity index (χ3n) is 3.48. The van der Waals surface area contributed by atoms with Crippen LogP contribution in [0.15, 0.2) is 18.2 Å². The summed E-state index contributed by atoms with van der Waals surface area (Å²) in [7, 11) is 0. The Balaban J connectivity index is 2.09. The average molecular weight is 351 g/mol. The van der Waals surface area contributed by atoms with Crippen LogP contribution in [0.25, 0.3) is 0 Å². The van der Waals surface area contributed by atoms with E-state index in [-0.39, 0.29) is 5.02 Å². The van der Waals surface area contributed by atoms with Crippen LogP contribution in [-0.4, -0.2) is 23.1 Å². The second kappa shape index (κ2) is 7.04. The number of benzene rings is 1. The van der Waals surface area contributed by atoms with E-state index in [1.165, 1.54) is 25.0 Å². The molecule has 0 spiro atoms. The molecule has 1 aliphatic carbocycles. The Labute approximate surface area is 138 Å². The SMILES string of the molecule is CCCN(CC1CC1)C(=S)Nc1ccc(Cl)c(C(F)(F)F)c1. The first kappa shape index (κ1) is 17.3. The van der Waals surface area contributed by atoms with E-state index >= 15 is 0 Å². The van der Waals surface area contributed by atoms with Crippen molar-refractivity contribution in [3.05, 3.63) is 28.8 Å². The first-order chi connectivity index (χ1) is 10.3. The van der Waals surface area contributed by atoms with Crippen molar-refractivity contribution >= 4 is 34.6 Å². The zero-order chi connectivity index (χ0) is 16.3. The molecule has 1 aromatic rings. The van der Waals surface area contributed by atoms with Gasteiger partial charge in [-0.1, -0.05) is 18.5 Å². The quantitative estimate of drug-likeness (QED) is 0.737. The Morgan fingerprint density at radius 1 is 1.41 bits per heavy atom. The number of halogens is 4. The molecule has 0 amide bonds. The van der Waals surface area contributed by atoms with Gasteiger partial charge in [0.25, 0.3) is 0 Å². The van der Waals surface area contributed by atoms with Crippen molar-refractivity contribution in [2.75, 3.05) is 18.4 Å². The highest BCUT2D eigenvalue weighted by Gasteiger charge is 2.33. The van der Waals surface area contributed by atoms with Crippen molar-refractivity contribution in [1.29, 1.82) is 0 Å². The minimum Gasteiger partial charge on any atom is -0.349 e. The van der Waals surface area contributed by atoms with Crippen molar-refractivity contribution in [3.8, 4) is 0 Å². The Kier molecular flexibility index (Phi) is 5.55. The molecule has 22 heavy (non-hydrogen) atoms. The van der Waals surface area contributed by atoms with Gasteiger partial charge in [-0.3, -0.25) is 0 Å². The van der Waals surface area contributed by atoms with Crippen molar-refractivity contribution in [2.45, 2.75) is 32.4 Å². The molecule has 2 rings (SSSR count). The number of thiocarbonyl (C=S) groups is 1. The fourth-order valence-corrected chi connectivity index (χ4v) is 2.69. The van der Waals surface area contributed by atoms with Crippen LogP contribution in [0.1, 0.15) is 31.7 Å². The molecule has 1 aromatic carbocycles. The topological polar surface area (TPSA) is 15.3 Å². The highest BCUT2D eigenvalue weighted by Crippen LogP contribution is 2.36. The number of nitrogens with zero attached hydrogens (tertiary/aromatic N) is 1. The van der Waals surface area contributed by atoms with Gasteiger partial charge in [0.15, 0.2) is 5.11 Å². The Morgan fingerprint density at radius 3 is 2.64 bits per heavy atom. The molecule has 0 aliphatic heterocycles. The van der Waals surface area contributed by atoms with Gasteiger partial charge < -0.3 is 10.2 Å². The van der Waals surface area contributed by atoms with Crippen LogP contribution in [0.3, 0.4) is 0 Å². The highest BCUT2D eigenvalue weighted by molar-refractivity contribution is 7.80. The van der Waals surface area contributed by atoms with Gasteiger partial charge in [0.2, 0.25) is 0 Å². The van der Waals surface area contributed by atoms with Crippen LogP contribution in [0, 0.1) is 5.92 Å². The van der Waals surface area contributed by atoms with Crippen molar-refractivity contribution in [1.82, 2.24) is 4.90 Å². The standard InChI is InChI=1S/C15H18ClF3N2S/c1-2-7-21(9-10-3-4-10)14(22)20-11-5-6-13(16)12(8-11)15(17,18)19/h5-6,8,10H,2-4,7,9H2,1H3,(H,20,22). The smallest absolute Gasteiger partial charge is 0.349 e. The molecule has 1 N–H and O–H groups in total. The van der Waals surface area contributed by atoms with E-state index in [0.717, 1.165) is 25.6 Å². The molecule has 0 heterocycles. The Morgan fingerprint density at radius 2 is 2.09 bits per heavy atom. The van der Waals surface area contributed by atoms with Gasteiger partial charge in [-0.05, 0) is 55.6 Å². The molecule has 7 heteroatoms. The Bertz CT molecular complexity index is 544. The first-order valence-corrected chi connectivity index (χ1v) is 8.02. The summed E-state index contributed by atoms with van der Waals surface area (Å²) in [5.74, 6) is 0.655. The monoisotopic (exact) mass is 350 g/mol. The van der Waals surface area contributed by atoms with Crippen molar-refractivity contribution < 1.29 is 13.2 Å². The lowest BCUT2D eigenvalue weighted by atomic mass is 10.2. The minimum atomic E-state index is -4.48. The summed E-state index contributed by atoms with van der Waals surface area (Å²) < 4.78 is 38.6. The van der Waals surface area contributed by atoms with E-state index in [1.54, 1.807) is 0 Å². The number of alkyl halides is 3. The molecule has 2 nitrogen and oxygen atoms in total. The molecule has 0 atom stereocenters. The largest absolute Gasteiger partial charge is 0.417 e. The molecule has 0 radical (unpaired) electrons. The number of rotatable bonds is 5. The van der Waals surface area contributed by atoms with E-state index in [9.17, 15) is 13.2 Å². The average Bonchev–Trinajstić information content (AvgIpc) is 3.23. The number of nitrogens with one attached hydrogen (secondary N) is 1. The molecular formula is C15H18ClF3N2S. The summed E-state index contributed by atoms with van der Waals surface area (Å²) in [6.07, 6.45) is -1.15. The highest BCUT2D eigenvalue weighted by atomic mass is 35.5. The fraction of sp³-hybridized carbons (Fsp3) is 0.533. The maximum Gasteiger partial charge on any atom is 0.417 e. The second-order valence-electron chi connectivity index (χ2n) is 5.51. The predicted octanol–water partition coefficient (Wildman–Crippen LogP) is 5.18. The van der Waals surface area contributed by atoms with Crippen LogP contribution >= 0.6 is 23.8 Å². The zero-order valence-corrected chi connectivity index (χ0v) is 13.8. The minimum absolute atomic E-state index is 0.304. The van der Waals surface area contributed by atoms with Gasteiger partial charge in [0.1, 0.15) is 0 Å². The van der Waals surface area contributed by atoms with Gasteiger partial charge >= 0.3 is 6.18 Å². The summed E-state index contributed by atoms with van der Waals surface area (Å²) in [5.41, 5.74) is -0.551. The lowest BCUT2D eigenvalue weighted by Gasteiger charge is -2.25. The second-order valence-corrected chi connectivity index (χ2v) is 6.31. The molecule has 1 saturated carbocycles. The van der Waals surface area contributed by atoms with E-state index in [0.29, 0.717) is 16.7 Å². The maximum absolute atomic E-state index is 12.9. The normalized spacial score (nSPS) is 14.8. The molecule has 0 unspecified atom stereocenters. The van der Waals surface area contributed by atoms with E-state index in [2.05, 4.69) is 5.32 Å². The summed E-state index contributed by atoms with van der Waals surface area (Å²) in [5, 5.41) is 3.05. The number of anilines is 1. The number of hydrogen-bond donors (Lipinski definition) is 1. The summed E-state index contributed by atoms with van der Waals surface area (Å²) in [6, 6.07) is 3.74. The number of hydrogen-bond acceptors (Lipinski definition) is 1. The van der Waals surface area contributed by atoms with Gasteiger partial charge in [0.05, 0.1) is 10.6 Å². The molecule has 0 aromatic heterocycles. The van der Waals surface area contributed by atoms with Crippen LogP contribution in [-0.2, 0) is 6.18 Å².